The Bertz CT molecular complexity index is 467. The van der Waals surface area contributed by atoms with E-state index in [9.17, 15) is 9.59 Å². The molecule has 2 heterocycles. The zero-order valence-electron chi connectivity index (χ0n) is 11.4. The van der Waals surface area contributed by atoms with E-state index in [1.54, 1.807) is 0 Å². The molecule has 20 heavy (non-hydrogen) atoms. The number of carbonyl (C=O) groups excluding carboxylic acids is 2. The van der Waals surface area contributed by atoms with Crippen LogP contribution in [0, 0.1) is 5.92 Å². The number of esters is 1. The van der Waals surface area contributed by atoms with Crippen molar-refractivity contribution < 1.29 is 14.3 Å². The van der Waals surface area contributed by atoms with Gasteiger partial charge in [-0.05, 0) is 31.8 Å². The molecular formula is C12H19N5O3. The first-order valence-corrected chi connectivity index (χ1v) is 6.66. The lowest BCUT2D eigenvalue weighted by atomic mass is 10.0. The van der Waals surface area contributed by atoms with E-state index in [-0.39, 0.29) is 18.3 Å². The van der Waals surface area contributed by atoms with E-state index < -0.39 is 5.97 Å². The van der Waals surface area contributed by atoms with Gasteiger partial charge in [0.15, 0.2) is 0 Å². The topological polar surface area (TPSA) is 109 Å². The van der Waals surface area contributed by atoms with Crippen LogP contribution in [-0.4, -0.2) is 47.3 Å². The van der Waals surface area contributed by atoms with E-state index in [0.717, 1.165) is 25.9 Å². The number of nitrogens with one attached hydrogen (secondary N) is 3. The average molecular weight is 281 g/mol. The van der Waals surface area contributed by atoms with Crippen LogP contribution >= 0.6 is 0 Å². The summed E-state index contributed by atoms with van der Waals surface area (Å²) in [6, 6.07) is 0. The highest BCUT2D eigenvalue weighted by Crippen LogP contribution is 2.14. The van der Waals surface area contributed by atoms with Gasteiger partial charge in [-0.25, -0.2) is 0 Å². The van der Waals surface area contributed by atoms with E-state index in [1.807, 2.05) is 0 Å². The molecule has 3 N–H and O–H groups in total. The zero-order chi connectivity index (χ0) is 14.4. The van der Waals surface area contributed by atoms with E-state index in [1.165, 1.54) is 7.11 Å². The van der Waals surface area contributed by atoms with Gasteiger partial charge in [-0.3, -0.25) is 20.0 Å². The van der Waals surface area contributed by atoms with Gasteiger partial charge in [0.25, 0.3) is 0 Å². The fraction of sp³-hybridized carbons (Fsp3) is 0.667. The molecule has 1 aromatic heterocycles. The second-order valence-electron chi connectivity index (χ2n) is 4.80. The average Bonchev–Trinajstić information content (AvgIpc) is 3.08. The summed E-state index contributed by atoms with van der Waals surface area (Å²) in [7, 11) is 1.30. The predicted molar refractivity (Wildman–Crippen MR) is 70.9 cm³/mol. The Morgan fingerprint density at radius 3 is 3.05 bits per heavy atom. The van der Waals surface area contributed by atoms with Gasteiger partial charge < -0.3 is 10.1 Å². The van der Waals surface area contributed by atoms with Crippen LogP contribution in [0.5, 0.6) is 0 Å². The van der Waals surface area contributed by atoms with Gasteiger partial charge in [0.05, 0.1) is 7.11 Å². The molecule has 1 atom stereocenters. The molecule has 2 rings (SSSR count). The van der Waals surface area contributed by atoms with Crippen LogP contribution in [0.4, 0.5) is 5.95 Å². The molecule has 0 bridgehead atoms. The Balaban J connectivity index is 1.74. The Morgan fingerprint density at radius 2 is 2.35 bits per heavy atom. The van der Waals surface area contributed by atoms with Crippen molar-refractivity contribution in [3.05, 3.63) is 5.82 Å². The monoisotopic (exact) mass is 281 g/mol. The molecular weight excluding hydrogens is 262 g/mol. The quantitative estimate of drug-likeness (QED) is 0.626. The molecule has 1 aromatic rings. The van der Waals surface area contributed by atoms with Crippen LogP contribution in [-0.2, 0) is 20.7 Å². The highest BCUT2D eigenvalue weighted by atomic mass is 16.5. The molecule has 1 aliphatic rings. The van der Waals surface area contributed by atoms with E-state index in [4.69, 9.17) is 0 Å². The maximum Gasteiger partial charge on any atom is 0.313 e. The summed E-state index contributed by atoms with van der Waals surface area (Å²) in [5, 5.41) is 12.3. The van der Waals surface area contributed by atoms with Crippen molar-refractivity contribution in [2.24, 2.45) is 5.92 Å². The first-order chi connectivity index (χ1) is 9.67. The van der Waals surface area contributed by atoms with Gasteiger partial charge in [-0.1, -0.05) is 0 Å². The molecule has 1 amide bonds. The maximum atomic E-state index is 11.7. The summed E-state index contributed by atoms with van der Waals surface area (Å²) in [6.07, 6.45) is 2.44. The third-order valence-corrected chi connectivity index (χ3v) is 3.26. The van der Waals surface area contributed by atoms with Gasteiger partial charge in [0, 0.05) is 6.42 Å². The van der Waals surface area contributed by atoms with Crippen molar-refractivity contribution in [1.82, 2.24) is 20.5 Å². The summed E-state index contributed by atoms with van der Waals surface area (Å²) >= 11 is 0. The minimum Gasteiger partial charge on any atom is -0.469 e. The van der Waals surface area contributed by atoms with Gasteiger partial charge >= 0.3 is 5.97 Å². The second-order valence-corrected chi connectivity index (χ2v) is 4.80. The van der Waals surface area contributed by atoms with Crippen molar-refractivity contribution >= 4 is 17.8 Å². The number of amides is 1. The number of H-pyrrole nitrogens is 1. The molecule has 0 aliphatic carbocycles. The zero-order valence-corrected chi connectivity index (χ0v) is 11.4. The van der Waals surface area contributed by atoms with E-state index >= 15 is 0 Å². The molecule has 8 nitrogen and oxygen atoms in total. The largest absolute Gasteiger partial charge is 0.469 e. The first-order valence-electron chi connectivity index (χ1n) is 6.66. The van der Waals surface area contributed by atoms with Crippen molar-refractivity contribution in [2.75, 3.05) is 25.5 Å². The van der Waals surface area contributed by atoms with Crippen LogP contribution in [0.2, 0.25) is 0 Å². The number of anilines is 1. The van der Waals surface area contributed by atoms with Gasteiger partial charge in [-0.2, -0.15) is 4.98 Å². The standard InChI is InChI=1S/C12H19N5O3/c1-20-11(19)6-9-14-12(17-16-9)15-10(18)3-2-8-4-5-13-7-8/h8,13H,2-7H2,1H3,(H2,14,15,16,17,18). The van der Waals surface area contributed by atoms with Gasteiger partial charge in [0.2, 0.25) is 11.9 Å². The lowest BCUT2D eigenvalue weighted by molar-refractivity contribution is -0.139. The summed E-state index contributed by atoms with van der Waals surface area (Å²) in [5.41, 5.74) is 0. The number of rotatable bonds is 6. The van der Waals surface area contributed by atoms with E-state index in [0.29, 0.717) is 18.2 Å². The smallest absolute Gasteiger partial charge is 0.313 e. The summed E-state index contributed by atoms with van der Waals surface area (Å²) < 4.78 is 4.52. The number of hydrogen-bond donors (Lipinski definition) is 3. The normalized spacial score (nSPS) is 17.9. The maximum absolute atomic E-state index is 11.7. The number of carbonyl (C=O) groups is 2. The molecule has 0 aromatic carbocycles. The number of hydrogen-bond acceptors (Lipinski definition) is 6. The number of aromatic nitrogens is 3. The van der Waals surface area contributed by atoms with Crippen LogP contribution in [0.15, 0.2) is 0 Å². The Kier molecular flexibility index (Phi) is 5.05. The number of methoxy groups -OCH3 is 1. The molecule has 1 saturated heterocycles. The summed E-state index contributed by atoms with van der Waals surface area (Å²) in [5.74, 6) is 0.613. The predicted octanol–water partition coefficient (Wildman–Crippen LogP) is -0.152. The van der Waals surface area contributed by atoms with Crippen LogP contribution in [0.25, 0.3) is 0 Å². The van der Waals surface area contributed by atoms with Gasteiger partial charge in [0.1, 0.15) is 12.2 Å². The summed E-state index contributed by atoms with van der Waals surface area (Å²) in [4.78, 5) is 26.8. The summed E-state index contributed by atoms with van der Waals surface area (Å²) in [6.45, 7) is 2.02. The number of aromatic amines is 1. The molecule has 1 unspecified atom stereocenters. The van der Waals surface area contributed by atoms with E-state index in [2.05, 4.69) is 30.6 Å². The SMILES string of the molecule is COC(=O)Cc1nc(NC(=O)CCC2CCNC2)n[nH]1. The molecule has 0 spiro atoms. The molecule has 1 fully saturated rings. The number of ether oxygens (including phenoxy) is 1. The van der Waals surface area contributed by atoms with Crippen LogP contribution in [0.3, 0.4) is 0 Å². The second kappa shape index (κ2) is 6.99. The molecule has 1 aliphatic heterocycles. The molecule has 8 heteroatoms. The van der Waals surface area contributed by atoms with Crippen molar-refractivity contribution in [2.45, 2.75) is 25.7 Å². The van der Waals surface area contributed by atoms with Crippen molar-refractivity contribution in [1.29, 1.82) is 0 Å². The minimum absolute atomic E-state index is 0.00706. The van der Waals surface area contributed by atoms with Crippen LogP contribution < -0.4 is 10.6 Å². The molecule has 0 radical (unpaired) electrons. The van der Waals surface area contributed by atoms with Gasteiger partial charge in [-0.15, -0.1) is 5.10 Å². The third-order valence-electron chi connectivity index (χ3n) is 3.26. The lowest BCUT2D eigenvalue weighted by Crippen LogP contribution is -2.15. The Labute approximate surface area is 116 Å². The third kappa shape index (κ3) is 4.30. The Hall–Kier alpha value is -1.96. The highest BCUT2D eigenvalue weighted by molar-refractivity contribution is 5.88. The van der Waals surface area contributed by atoms with Crippen molar-refractivity contribution in [3.8, 4) is 0 Å². The molecule has 110 valence electrons. The number of nitrogens with zero attached hydrogens (tertiary/aromatic N) is 2. The molecule has 0 saturated carbocycles. The Morgan fingerprint density at radius 1 is 1.50 bits per heavy atom. The highest BCUT2D eigenvalue weighted by Gasteiger charge is 2.16. The first kappa shape index (κ1) is 14.4. The minimum atomic E-state index is -0.409. The lowest BCUT2D eigenvalue weighted by Gasteiger charge is -2.06. The fourth-order valence-electron chi connectivity index (χ4n) is 2.12. The van der Waals surface area contributed by atoms with Crippen LogP contribution in [0.1, 0.15) is 25.1 Å². The van der Waals surface area contributed by atoms with Crippen molar-refractivity contribution in [3.63, 3.8) is 0 Å². The fourth-order valence-corrected chi connectivity index (χ4v) is 2.12.